The molecule has 1 aliphatic rings. The van der Waals surface area contributed by atoms with E-state index in [1.54, 1.807) is 17.1 Å². The molecule has 4 heterocycles. The highest BCUT2D eigenvalue weighted by Gasteiger charge is 2.34. The fourth-order valence-corrected chi connectivity index (χ4v) is 4.43. The topological polar surface area (TPSA) is 76.8 Å². The van der Waals surface area contributed by atoms with Gasteiger partial charge in [0.25, 0.3) is 5.91 Å². The molecule has 33 heavy (non-hydrogen) atoms. The van der Waals surface area contributed by atoms with Gasteiger partial charge in [-0.2, -0.15) is 5.10 Å². The molecule has 174 valence electrons. The predicted octanol–water partition coefficient (Wildman–Crippen LogP) is 4.89. The first-order chi connectivity index (χ1) is 15.8. The van der Waals surface area contributed by atoms with Gasteiger partial charge < -0.3 is 4.90 Å². The maximum Gasteiger partial charge on any atom is 0.272 e. The summed E-state index contributed by atoms with van der Waals surface area (Å²) in [5, 5.41) is 4.64. The Morgan fingerprint density at radius 3 is 2.61 bits per heavy atom. The van der Waals surface area contributed by atoms with Crippen molar-refractivity contribution in [1.29, 1.82) is 0 Å². The minimum absolute atomic E-state index is 0.0153. The van der Waals surface area contributed by atoms with Gasteiger partial charge >= 0.3 is 0 Å². The molecule has 3 aromatic rings. The number of likely N-dealkylation sites (tertiary alicyclic amines) is 1. The van der Waals surface area contributed by atoms with Crippen molar-refractivity contribution < 1.29 is 4.79 Å². The molecular weight excluding hydrogens is 412 g/mol. The maximum absolute atomic E-state index is 13.8. The average Bonchev–Trinajstić information content (AvgIpc) is 3.21. The van der Waals surface area contributed by atoms with Crippen molar-refractivity contribution in [3.8, 4) is 11.1 Å². The maximum atomic E-state index is 13.8. The molecule has 4 rings (SSSR count). The standard InChI is InChI=1S/C26H34N6O/c1-6-9-23-28-17-19(18-11-13-27-14-12-18)24(29-23)20-10-7-8-15-32(20)25(33)21-16-22(26(2,3)4)30-31(21)5/h11-14,16-17,20H,6-10,15H2,1-5H3/t20-/m0/s1. The molecule has 0 radical (unpaired) electrons. The molecule has 1 amide bonds. The lowest BCUT2D eigenvalue weighted by atomic mass is 9.91. The molecule has 7 nitrogen and oxygen atoms in total. The second-order valence-corrected chi connectivity index (χ2v) is 9.87. The van der Waals surface area contributed by atoms with Crippen LogP contribution in [-0.4, -0.2) is 42.1 Å². The number of nitrogens with zero attached hydrogens (tertiary/aromatic N) is 6. The molecule has 1 saturated heterocycles. The Balaban J connectivity index is 1.77. The van der Waals surface area contributed by atoms with Gasteiger partial charge in [0.05, 0.1) is 17.4 Å². The third-order valence-electron chi connectivity index (χ3n) is 6.28. The van der Waals surface area contributed by atoms with Gasteiger partial charge in [0.1, 0.15) is 11.5 Å². The summed E-state index contributed by atoms with van der Waals surface area (Å²) in [4.78, 5) is 29.6. The van der Waals surface area contributed by atoms with Gasteiger partial charge in [-0.1, -0.05) is 27.7 Å². The van der Waals surface area contributed by atoms with Gasteiger partial charge in [0, 0.05) is 49.6 Å². The Hall–Kier alpha value is -3.09. The molecule has 0 bridgehead atoms. The summed E-state index contributed by atoms with van der Waals surface area (Å²) >= 11 is 0. The molecular formula is C26H34N6O. The molecule has 7 heteroatoms. The van der Waals surface area contributed by atoms with E-state index in [0.717, 1.165) is 60.4 Å². The lowest BCUT2D eigenvalue weighted by Crippen LogP contribution is -2.40. The van der Waals surface area contributed by atoms with Crippen LogP contribution in [0.4, 0.5) is 0 Å². The van der Waals surface area contributed by atoms with Gasteiger partial charge in [-0.05, 0) is 49.4 Å². The van der Waals surface area contributed by atoms with Crippen LogP contribution in [0.1, 0.15) is 87.1 Å². The number of piperidine rings is 1. The van der Waals surface area contributed by atoms with E-state index < -0.39 is 0 Å². The van der Waals surface area contributed by atoms with E-state index >= 15 is 0 Å². The zero-order chi connectivity index (χ0) is 23.6. The lowest BCUT2D eigenvalue weighted by Gasteiger charge is -2.36. The number of aryl methyl sites for hydroxylation is 2. The molecule has 1 atom stereocenters. The monoisotopic (exact) mass is 446 g/mol. The van der Waals surface area contributed by atoms with Crippen molar-refractivity contribution in [3.63, 3.8) is 0 Å². The fraction of sp³-hybridized carbons (Fsp3) is 0.500. The Kier molecular flexibility index (Phi) is 6.58. The van der Waals surface area contributed by atoms with Crippen molar-refractivity contribution in [2.45, 2.75) is 71.3 Å². The zero-order valence-electron chi connectivity index (χ0n) is 20.4. The normalized spacial score (nSPS) is 16.8. The molecule has 0 aromatic carbocycles. The van der Waals surface area contributed by atoms with E-state index in [1.807, 2.05) is 36.3 Å². The number of amides is 1. The summed E-state index contributed by atoms with van der Waals surface area (Å²) in [5.74, 6) is 0.848. The predicted molar refractivity (Wildman–Crippen MR) is 129 cm³/mol. The Morgan fingerprint density at radius 1 is 1.18 bits per heavy atom. The van der Waals surface area contributed by atoms with E-state index in [4.69, 9.17) is 4.98 Å². The Bertz CT molecular complexity index is 1120. The minimum atomic E-state index is -0.117. The highest BCUT2D eigenvalue weighted by atomic mass is 16.2. The molecule has 0 saturated carbocycles. The lowest BCUT2D eigenvalue weighted by molar-refractivity contribution is 0.0595. The second kappa shape index (κ2) is 9.41. The van der Waals surface area contributed by atoms with Gasteiger partial charge in [0.2, 0.25) is 0 Å². The van der Waals surface area contributed by atoms with Gasteiger partial charge in [0.15, 0.2) is 0 Å². The molecule has 0 N–H and O–H groups in total. The Labute approximate surface area is 196 Å². The molecule has 0 spiro atoms. The average molecular weight is 447 g/mol. The second-order valence-electron chi connectivity index (χ2n) is 9.87. The molecule has 0 aliphatic carbocycles. The van der Waals surface area contributed by atoms with Crippen LogP contribution in [0, 0.1) is 0 Å². The first kappa shape index (κ1) is 23.1. The summed E-state index contributed by atoms with van der Waals surface area (Å²) in [6, 6.07) is 5.81. The van der Waals surface area contributed by atoms with Crippen molar-refractivity contribution in [3.05, 3.63) is 59.7 Å². The number of carbonyl (C=O) groups is 1. The van der Waals surface area contributed by atoms with E-state index in [-0.39, 0.29) is 17.4 Å². The van der Waals surface area contributed by atoms with Crippen LogP contribution < -0.4 is 0 Å². The van der Waals surface area contributed by atoms with Crippen LogP contribution >= 0.6 is 0 Å². The molecule has 1 fully saturated rings. The molecule has 3 aromatic heterocycles. The van der Waals surface area contributed by atoms with E-state index in [0.29, 0.717) is 12.2 Å². The largest absolute Gasteiger partial charge is 0.329 e. The summed E-state index contributed by atoms with van der Waals surface area (Å²) in [6.45, 7) is 9.19. The van der Waals surface area contributed by atoms with Crippen LogP contribution in [0.3, 0.4) is 0 Å². The summed E-state index contributed by atoms with van der Waals surface area (Å²) < 4.78 is 1.72. The number of hydrogen-bond acceptors (Lipinski definition) is 5. The highest BCUT2D eigenvalue weighted by molar-refractivity contribution is 5.93. The van der Waals surface area contributed by atoms with Crippen LogP contribution in [-0.2, 0) is 18.9 Å². The van der Waals surface area contributed by atoms with Crippen LogP contribution in [0.25, 0.3) is 11.1 Å². The minimum Gasteiger partial charge on any atom is -0.329 e. The van der Waals surface area contributed by atoms with Crippen molar-refractivity contribution in [2.75, 3.05) is 6.54 Å². The SMILES string of the molecule is CCCc1ncc(-c2ccncc2)c([C@@H]2CCCCN2C(=O)c2cc(C(C)(C)C)nn2C)n1. The quantitative estimate of drug-likeness (QED) is 0.558. The van der Waals surface area contributed by atoms with Crippen molar-refractivity contribution in [2.24, 2.45) is 7.05 Å². The number of carbonyl (C=O) groups excluding carboxylic acids is 1. The van der Waals surface area contributed by atoms with Crippen LogP contribution in [0.15, 0.2) is 36.8 Å². The first-order valence-corrected chi connectivity index (χ1v) is 11.9. The van der Waals surface area contributed by atoms with Gasteiger partial charge in [-0.15, -0.1) is 0 Å². The molecule has 1 aliphatic heterocycles. The summed E-state index contributed by atoms with van der Waals surface area (Å²) in [5.41, 5.74) is 4.37. The van der Waals surface area contributed by atoms with Crippen molar-refractivity contribution in [1.82, 2.24) is 29.6 Å². The van der Waals surface area contributed by atoms with Gasteiger partial charge in [-0.25, -0.2) is 9.97 Å². The highest BCUT2D eigenvalue weighted by Crippen LogP contribution is 2.36. The van der Waals surface area contributed by atoms with E-state index in [2.05, 4.69) is 42.8 Å². The summed E-state index contributed by atoms with van der Waals surface area (Å²) in [7, 11) is 1.86. The molecule has 0 unspecified atom stereocenters. The van der Waals surface area contributed by atoms with Crippen LogP contribution in [0.5, 0.6) is 0 Å². The Morgan fingerprint density at radius 2 is 1.94 bits per heavy atom. The smallest absolute Gasteiger partial charge is 0.272 e. The van der Waals surface area contributed by atoms with Crippen molar-refractivity contribution >= 4 is 5.91 Å². The zero-order valence-corrected chi connectivity index (χ0v) is 20.4. The van der Waals surface area contributed by atoms with E-state index in [9.17, 15) is 4.79 Å². The number of pyridine rings is 1. The third-order valence-corrected chi connectivity index (χ3v) is 6.28. The third kappa shape index (κ3) is 4.82. The number of hydrogen-bond donors (Lipinski definition) is 0. The fourth-order valence-electron chi connectivity index (χ4n) is 4.43. The van der Waals surface area contributed by atoms with E-state index in [1.165, 1.54) is 0 Å². The summed E-state index contributed by atoms with van der Waals surface area (Å²) in [6.07, 6.45) is 10.2. The number of aromatic nitrogens is 5. The van der Waals surface area contributed by atoms with Gasteiger partial charge in [-0.3, -0.25) is 14.5 Å². The first-order valence-electron chi connectivity index (χ1n) is 11.9. The number of rotatable bonds is 5. The van der Waals surface area contributed by atoms with Crippen LogP contribution in [0.2, 0.25) is 0 Å².